The first-order valence-electron chi connectivity index (χ1n) is 4.84. The van der Waals surface area contributed by atoms with Crippen LogP contribution in [0.2, 0.25) is 0 Å². The van der Waals surface area contributed by atoms with Gasteiger partial charge >= 0.3 is 0 Å². The van der Waals surface area contributed by atoms with Crippen molar-refractivity contribution >= 4 is 21.8 Å². The molecule has 0 aromatic heterocycles. The minimum atomic E-state index is -0.170. The van der Waals surface area contributed by atoms with Gasteiger partial charge in [0.15, 0.2) is 0 Å². The fourth-order valence-electron chi connectivity index (χ4n) is 1.18. The number of aliphatic hydroxyl groups is 1. The van der Waals surface area contributed by atoms with Crippen LogP contribution in [-0.4, -0.2) is 23.7 Å². The van der Waals surface area contributed by atoms with Gasteiger partial charge in [-0.15, -0.1) is 0 Å². The summed E-state index contributed by atoms with van der Waals surface area (Å²) in [6.45, 7) is 1.89. The van der Waals surface area contributed by atoms with Crippen molar-refractivity contribution in [3.63, 3.8) is 0 Å². The van der Waals surface area contributed by atoms with Gasteiger partial charge in [-0.25, -0.2) is 0 Å². The van der Waals surface area contributed by atoms with E-state index in [0.717, 1.165) is 10.9 Å². The molecular weight excluding hydrogens is 258 g/mol. The van der Waals surface area contributed by atoms with Crippen molar-refractivity contribution in [3.05, 3.63) is 34.3 Å². The smallest absolute Gasteiger partial charge is 0.251 e. The highest BCUT2D eigenvalue weighted by Crippen LogP contribution is 2.11. The molecule has 0 radical (unpaired) electrons. The molecule has 0 spiro atoms. The maximum Gasteiger partial charge on any atom is 0.251 e. The number of amides is 1. The highest BCUT2D eigenvalue weighted by Gasteiger charge is 2.10. The summed E-state index contributed by atoms with van der Waals surface area (Å²) < 4.78 is 0.868. The summed E-state index contributed by atoms with van der Waals surface area (Å²) in [5.74, 6) is -0.155. The number of nitrogens with one attached hydrogen (secondary N) is 1. The summed E-state index contributed by atoms with van der Waals surface area (Å²) in [5, 5.41) is 11.7. The summed E-state index contributed by atoms with van der Waals surface area (Å²) in [7, 11) is 0. The van der Waals surface area contributed by atoms with Crippen LogP contribution in [0.25, 0.3) is 0 Å². The normalized spacial score (nSPS) is 12.2. The number of hydrogen-bond donors (Lipinski definition) is 2. The lowest BCUT2D eigenvalue weighted by atomic mass is 10.2. The monoisotopic (exact) mass is 271 g/mol. The Kier molecular flexibility index (Phi) is 4.78. The van der Waals surface area contributed by atoms with Gasteiger partial charge in [-0.05, 0) is 24.6 Å². The second-order valence-electron chi connectivity index (χ2n) is 3.27. The van der Waals surface area contributed by atoms with Crippen LogP contribution < -0.4 is 5.32 Å². The fourth-order valence-corrected chi connectivity index (χ4v) is 1.57. The van der Waals surface area contributed by atoms with Gasteiger partial charge in [0.05, 0.1) is 12.6 Å². The molecule has 0 aliphatic heterocycles. The molecule has 1 amide bonds. The molecule has 0 fully saturated rings. The van der Waals surface area contributed by atoms with E-state index in [9.17, 15) is 4.79 Å². The van der Waals surface area contributed by atoms with E-state index in [2.05, 4.69) is 21.2 Å². The van der Waals surface area contributed by atoms with Gasteiger partial charge in [0, 0.05) is 10.0 Å². The predicted molar refractivity (Wildman–Crippen MR) is 62.8 cm³/mol. The van der Waals surface area contributed by atoms with Crippen LogP contribution in [0.5, 0.6) is 0 Å². The van der Waals surface area contributed by atoms with Crippen molar-refractivity contribution in [1.29, 1.82) is 0 Å². The van der Waals surface area contributed by atoms with Gasteiger partial charge in [-0.1, -0.05) is 28.9 Å². The Morgan fingerprint density at radius 2 is 2.33 bits per heavy atom. The van der Waals surface area contributed by atoms with Crippen molar-refractivity contribution < 1.29 is 9.90 Å². The minimum absolute atomic E-state index is 0.0315. The highest BCUT2D eigenvalue weighted by molar-refractivity contribution is 9.10. The van der Waals surface area contributed by atoms with Crippen LogP contribution >= 0.6 is 15.9 Å². The van der Waals surface area contributed by atoms with Crippen LogP contribution in [-0.2, 0) is 0 Å². The second-order valence-corrected chi connectivity index (χ2v) is 4.19. The molecule has 1 aromatic rings. The lowest BCUT2D eigenvalue weighted by Gasteiger charge is -2.13. The van der Waals surface area contributed by atoms with Crippen LogP contribution in [0.1, 0.15) is 23.7 Å². The van der Waals surface area contributed by atoms with E-state index in [1.807, 2.05) is 13.0 Å². The molecule has 1 aromatic carbocycles. The van der Waals surface area contributed by atoms with Crippen LogP contribution in [0.4, 0.5) is 0 Å². The van der Waals surface area contributed by atoms with Crippen LogP contribution in [0, 0.1) is 0 Å². The summed E-state index contributed by atoms with van der Waals surface area (Å²) in [6.07, 6.45) is 0.718. The SMILES string of the molecule is CC[C@@H](CO)NC(=O)c1cccc(Br)c1. The zero-order chi connectivity index (χ0) is 11.3. The number of carbonyl (C=O) groups is 1. The quantitative estimate of drug-likeness (QED) is 0.880. The Labute approximate surface area is 97.6 Å². The number of aliphatic hydroxyl groups excluding tert-OH is 1. The molecule has 0 saturated carbocycles. The van der Waals surface area contributed by atoms with Gasteiger partial charge in [0.2, 0.25) is 0 Å². The largest absolute Gasteiger partial charge is 0.394 e. The topological polar surface area (TPSA) is 49.3 Å². The molecule has 4 heteroatoms. The number of carbonyl (C=O) groups excluding carboxylic acids is 1. The zero-order valence-corrected chi connectivity index (χ0v) is 10.1. The lowest BCUT2D eigenvalue weighted by molar-refractivity contribution is 0.0915. The van der Waals surface area contributed by atoms with Crippen molar-refractivity contribution in [2.24, 2.45) is 0 Å². The van der Waals surface area contributed by atoms with Gasteiger partial charge in [0.25, 0.3) is 5.91 Å². The maximum atomic E-state index is 11.7. The third-order valence-electron chi connectivity index (χ3n) is 2.14. The molecule has 1 rings (SSSR count). The molecule has 0 aliphatic carbocycles. The first-order chi connectivity index (χ1) is 7.17. The minimum Gasteiger partial charge on any atom is -0.394 e. The Morgan fingerprint density at radius 3 is 2.87 bits per heavy atom. The Hall–Kier alpha value is -0.870. The summed E-state index contributed by atoms with van der Waals surface area (Å²) in [4.78, 5) is 11.7. The molecule has 0 unspecified atom stereocenters. The van der Waals surface area contributed by atoms with Crippen molar-refractivity contribution in [2.45, 2.75) is 19.4 Å². The molecule has 82 valence electrons. The standard InChI is InChI=1S/C11H14BrNO2/c1-2-10(7-14)13-11(15)8-4-3-5-9(12)6-8/h3-6,10,14H,2,7H2,1H3,(H,13,15)/t10-/m0/s1. The predicted octanol–water partition coefficient (Wildman–Crippen LogP) is 1.95. The molecule has 0 saturated heterocycles. The molecule has 0 aliphatic rings. The van der Waals surface area contributed by atoms with E-state index in [0.29, 0.717) is 5.56 Å². The molecule has 0 bridgehead atoms. The van der Waals surface area contributed by atoms with E-state index in [1.165, 1.54) is 0 Å². The molecule has 3 nitrogen and oxygen atoms in total. The van der Waals surface area contributed by atoms with E-state index >= 15 is 0 Å². The molecular formula is C11H14BrNO2. The molecule has 15 heavy (non-hydrogen) atoms. The highest BCUT2D eigenvalue weighted by atomic mass is 79.9. The van der Waals surface area contributed by atoms with E-state index < -0.39 is 0 Å². The lowest BCUT2D eigenvalue weighted by Crippen LogP contribution is -2.36. The molecule has 1 atom stereocenters. The van der Waals surface area contributed by atoms with E-state index in [-0.39, 0.29) is 18.6 Å². The van der Waals surface area contributed by atoms with Crippen LogP contribution in [0.15, 0.2) is 28.7 Å². The van der Waals surface area contributed by atoms with Gasteiger partial charge in [-0.3, -0.25) is 4.79 Å². The third kappa shape index (κ3) is 3.64. The Balaban J connectivity index is 2.68. The summed E-state index contributed by atoms with van der Waals surface area (Å²) in [6, 6.07) is 6.99. The number of halogens is 1. The van der Waals surface area contributed by atoms with Crippen LogP contribution in [0.3, 0.4) is 0 Å². The van der Waals surface area contributed by atoms with Crippen molar-refractivity contribution in [3.8, 4) is 0 Å². The van der Waals surface area contributed by atoms with Gasteiger partial charge in [0.1, 0.15) is 0 Å². The number of benzene rings is 1. The number of rotatable bonds is 4. The first kappa shape index (κ1) is 12.2. The van der Waals surface area contributed by atoms with Crippen molar-refractivity contribution in [1.82, 2.24) is 5.32 Å². The summed E-state index contributed by atoms with van der Waals surface area (Å²) in [5.41, 5.74) is 0.594. The average molecular weight is 272 g/mol. The Morgan fingerprint density at radius 1 is 1.60 bits per heavy atom. The zero-order valence-electron chi connectivity index (χ0n) is 8.53. The first-order valence-corrected chi connectivity index (χ1v) is 5.64. The fraction of sp³-hybridized carbons (Fsp3) is 0.364. The molecule has 0 heterocycles. The van der Waals surface area contributed by atoms with E-state index in [1.54, 1.807) is 18.2 Å². The molecule has 2 N–H and O–H groups in total. The Bertz CT molecular complexity index is 337. The average Bonchev–Trinajstić information content (AvgIpc) is 2.25. The summed E-state index contributed by atoms with van der Waals surface area (Å²) >= 11 is 3.30. The maximum absolute atomic E-state index is 11.7. The van der Waals surface area contributed by atoms with Gasteiger partial charge in [-0.2, -0.15) is 0 Å². The van der Waals surface area contributed by atoms with Crippen molar-refractivity contribution in [2.75, 3.05) is 6.61 Å². The van der Waals surface area contributed by atoms with E-state index in [4.69, 9.17) is 5.11 Å². The second kappa shape index (κ2) is 5.88. The third-order valence-corrected chi connectivity index (χ3v) is 2.63. The van der Waals surface area contributed by atoms with Gasteiger partial charge < -0.3 is 10.4 Å². The number of hydrogen-bond acceptors (Lipinski definition) is 2.